The molecule has 0 spiro atoms. The summed E-state index contributed by atoms with van der Waals surface area (Å²) >= 11 is 5.93. The zero-order valence-corrected chi connectivity index (χ0v) is 22.1. The number of anilines is 1. The molecule has 1 amide bonds. The summed E-state index contributed by atoms with van der Waals surface area (Å²) < 4.78 is 68.2. The van der Waals surface area contributed by atoms with Gasteiger partial charge in [0.2, 0.25) is 5.91 Å². The summed E-state index contributed by atoms with van der Waals surface area (Å²) in [5.74, 6) is -1.61. The molecule has 0 saturated carbocycles. The van der Waals surface area contributed by atoms with Gasteiger partial charge in [0.15, 0.2) is 0 Å². The Bertz CT molecular complexity index is 1340. The molecule has 7 nitrogen and oxygen atoms in total. The molecule has 0 aliphatic rings. The van der Waals surface area contributed by atoms with Crippen molar-refractivity contribution in [3.05, 3.63) is 89.0 Å². The van der Waals surface area contributed by atoms with Crippen LogP contribution in [0.15, 0.2) is 71.6 Å². The topological polar surface area (TPSA) is 76.2 Å². The molecule has 1 atom stereocenters. The predicted octanol–water partition coefficient (Wildman–Crippen LogP) is 5.06. The smallest absolute Gasteiger partial charge is 0.264 e. The molecule has 0 bridgehead atoms. The summed E-state index contributed by atoms with van der Waals surface area (Å²) in [5.41, 5.74) is -0.0447. The molecular weight excluding hydrogens is 526 g/mol. The van der Waals surface area contributed by atoms with Gasteiger partial charge in [-0.3, -0.25) is 9.10 Å². The zero-order chi connectivity index (χ0) is 27.2. The molecule has 0 aliphatic carbocycles. The van der Waals surface area contributed by atoms with E-state index in [1.54, 1.807) is 38.2 Å². The van der Waals surface area contributed by atoms with Gasteiger partial charge < -0.3 is 14.4 Å². The number of hydrogen-bond donors (Lipinski definition) is 0. The molecule has 11 heteroatoms. The zero-order valence-electron chi connectivity index (χ0n) is 20.5. The van der Waals surface area contributed by atoms with E-state index in [9.17, 15) is 22.0 Å². The molecule has 0 aromatic heterocycles. The summed E-state index contributed by atoms with van der Waals surface area (Å²) in [6.45, 7) is 1.83. The number of benzene rings is 3. The number of halogens is 3. The van der Waals surface area contributed by atoms with Crippen LogP contribution < -0.4 is 9.04 Å². The van der Waals surface area contributed by atoms with Crippen molar-refractivity contribution in [2.45, 2.75) is 17.9 Å². The van der Waals surface area contributed by atoms with Gasteiger partial charge in [0.25, 0.3) is 10.0 Å². The highest BCUT2D eigenvalue weighted by atomic mass is 35.5. The summed E-state index contributed by atoms with van der Waals surface area (Å²) in [6, 6.07) is 13.7. The first-order chi connectivity index (χ1) is 17.6. The van der Waals surface area contributed by atoms with Gasteiger partial charge in [0, 0.05) is 30.8 Å². The van der Waals surface area contributed by atoms with Gasteiger partial charge in [0.05, 0.1) is 23.2 Å². The fourth-order valence-electron chi connectivity index (χ4n) is 3.66. The minimum absolute atomic E-state index is 0.0686. The van der Waals surface area contributed by atoms with Gasteiger partial charge in [-0.15, -0.1) is 0 Å². The molecule has 37 heavy (non-hydrogen) atoms. The third-order valence-corrected chi connectivity index (χ3v) is 7.77. The lowest BCUT2D eigenvalue weighted by Gasteiger charge is -2.32. The summed E-state index contributed by atoms with van der Waals surface area (Å²) in [4.78, 5) is 13.2. The fourth-order valence-corrected chi connectivity index (χ4v) is 5.42. The van der Waals surface area contributed by atoms with Crippen LogP contribution in [0.1, 0.15) is 18.5 Å². The van der Waals surface area contributed by atoms with E-state index in [1.165, 1.54) is 36.3 Å². The Morgan fingerprint density at radius 3 is 2.41 bits per heavy atom. The maximum atomic E-state index is 15.0. The van der Waals surface area contributed by atoms with Crippen molar-refractivity contribution in [2.75, 3.05) is 38.2 Å². The maximum Gasteiger partial charge on any atom is 0.264 e. The van der Waals surface area contributed by atoms with Crippen LogP contribution in [0.2, 0.25) is 5.02 Å². The number of amides is 1. The number of sulfonamides is 1. The quantitative estimate of drug-likeness (QED) is 0.332. The average molecular weight is 553 g/mol. The molecular formula is C26H27ClF2N2O5S. The molecule has 0 aliphatic heterocycles. The predicted molar refractivity (Wildman–Crippen MR) is 137 cm³/mol. The minimum Gasteiger partial charge on any atom is -0.491 e. The van der Waals surface area contributed by atoms with Gasteiger partial charge in [-0.25, -0.2) is 17.2 Å². The van der Waals surface area contributed by atoms with Gasteiger partial charge >= 0.3 is 0 Å². The van der Waals surface area contributed by atoms with E-state index >= 15 is 0 Å². The van der Waals surface area contributed by atoms with Gasteiger partial charge in [-0.05, 0) is 49.4 Å². The molecule has 198 valence electrons. The number of para-hydroxylation sites is 1. The van der Waals surface area contributed by atoms with Crippen LogP contribution in [0.3, 0.4) is 0 Å². The molecule has 0 fully saturated rings. The maximum absolute atomic E-state index is 15.0. The highest BCUT2D eigenvalue weighted by molar-refractivity contribution is 7.92. The van der Waals surface area contributed by atoms with E-state index in [2.05, 4.69) is 0 Å². The fraction of sp³-hybridized carbons (Fsp3) is 0.269. The monoisotopic (exact) mass is 552 g/mol. The first-order valence-electron chi connectivity index (χ1n) is 11.3. The summed E-state index contributed by atoms with van der Waals surface area (Å²) in [5, 5.41) is 0.322. The van der Waals surface area contributed by atoms with E-state index in [0.29, 0.717) is 16.3 Å². The first kappa shape index (κ1) is 28.4. The van der Waals surface area contributed by atoms with Gasteiger partial charge in [-0.1, -0.05) is 29.8 Å². The summed E-state index contributed by atoms with van der Waals surface area (Å²) in [6.07, 6.45) is 0. The number of hydrogen-bond acceptors (Lipinski definition) is 5. The van der Waals surface area contributed by atoms with Crippen LogP contribution >= 0.6 is 11.6 Å². The molecule has 3 rings (SSSR count). The molecule has 3 aromatic rings. The number of carbonyl (C=O) groups excluding carboxylic acids is 1. The van der Waals surface area contributed by atoms with Crippen molar-refractivity contribution in [2.24, 2.45) is 0 Å². The second kappa shape index (κ2) is 12.4. The summed E-state index contributed by atoms with van der Waals surface area (Å²) in [7, 11) is -1.35. The number of methoxy groups -OCH3 is 1. The highest BCUT2D eigenvalue weighted by Gasteiger charge is 2.34. The molecule has 0 N–H and O–H groups in total. The minimum atomic E-state index is -4.38. The van der Waals surface area contributed by atoms with Crippen molar-refractivity contribution < 1.29 is 31.5 Å². The SMILES string of the molecule is COCC(=O)N(C)CCOc1ccccc1C(C)N(c1cc(F)ccc1F)S(=O)(=O)c1ccc(Cl)cc1. The van der Waals surface area contributed by atoms with Crippen molar-refractivity contribution in [3.63, 3.8) is 0 Å². The molecule has 3 aromatic carbocycles. The van der Waals surface area contributed by atoms with E-state index in [0.717, 1.165) is 22.5 Å². The van der Waals surface area contributed by atoms with E-state index < -0.39 is 33.4 Å². The number of carbonyl (C=O) groups is 1. The largest absolute Gasteiger partial charge is 0.491 e. The van der Waals surface area contributed by atoms with E-state index in [4.69, 9.17) is 21.1 Å². The second-order valence-electron chi connectivity index (χ2n) is 8.16. The second-order valence-corrected chi connectivity index (χ2v) is 10.4. The van der Waals surface area contributed by atoms with Crippen molar-refractivity contribution in [1.82, 2.24) is 4.90 Å². The lowest BCUT2D eigenvalue weighted by molar-refractivity contribution is -0.134. The van der Waals surface area contributed by atoms with Crippen molar-refractivity contribution in [3.8, 4) is 5.75 Å². The lowest BCUT2D eigenvalue weighted by Crippen LogP contribution is -2.35. The third-order valence-electron chi connectivity index (χ3n) is 5.61. The Morgan fingerprint density at radius 1 is 1.05 bits per heavy atom. The average Bonchev–Trinajstić information content (AvgIpc) is 2.86. The van der Waals surface area contributed by atoms with E-state index in [-0.39, 0.29) is 30.6 Å². The van der Waals surface area contributed by atoms with Crippen LogP contribution in [0, 0.1) is 11.6 Å². The van der Waals surface area contributed by atoms with Crippen LogP contribution in [-0.4, -0.2) is 53.1 Å². The van der Waals surface area contributed by atoms with E-state index in [1.807, 2.05) is 0 Å². The Labute approximate surface area is 220 Å². The Morgan fingerprint density at radius 2 is 1.73 bits per heavy atom. The van der Waals surface area contributed by atoms with Crippen LogP contribution in [0.5, 0.6) is 5.75 Å². The number of nitrogens with zero attached hydrogens (tertiary/aromatic N) is 2. The Balaban J connectivity index is 2.00. The van der Waals surface area contributed by atoms with Crippen LogP contribution in [0.4, 0.5) is 14.5 Å². The molecule has 0 heterocycles. The van der Waals surface area contributed by atoms with Crippen LogP contribution in [-0.2, 0) is 19.6 Å². The van der Waals surface area contributed by atoms with Crippen molar-refractivity contribution in [1.29, 1.82) is 0 Å². The molecule has 1 unspecified atom stereocenters. The Hall–Kier alpha value is -3.21. The Kier molecular flexibility index (Phi) is 9.47. The van der Waals surface area contributed by atoms with Crippen LogP contribution in [0.25, 0.3) is 0 Å². The molecule has 0 saturated heterocycles. The number of rotatable bonds is 11. The molecule has 0 radical (unpaired) electrons. The standard InChI is InChI=1S/C26H27ClF2N2O5S/c1-18(22-6-4-5-7-25(22)36-15-14-30(2)26(32)17-35-3)31(24-16-20(28)10-13-23(24)29)37(33,34)21-11-8-19(27)9-12-21/h4-13,16,18H,14-15,17H2,1-3H3. The lowest BCUT2D eigenvalue weighted by atomic mass is 10.1. The number of ether oxygens (including phenoxy) is 2. The highest BCUT2D eigenvalue weighted by Crippen LogP contribution is 2.38. The van der Waals surface area contributed by atoms with Gasteiger partial charge in [0.1, 0.15) is 30.6 Å². The number of likely N-dealkylation sites (N-methyl/N-ethyl adjacent to an activating group) is 1. The van der Waals surface area contributed by atoms with Gasteiger partial charge in [-0.2, -0.15) is 0 Å². The third kappa shape index (κ3) is 6.76. The van der Waals surface area contributed by atoms with Crippen molar-refractivity contribution >= 4 is 33.2 Å². The first-order valence-corrected chi connectivity index (χ1v) is 13.1. The normalized spacial score (nSPS) is 12.2.